The lowest BCUT2D eigenvalue weighted by Crippen LogP contribution is -2.65. The van der Waals surface area contributed by atoms with E-state index in [9.17, 15) is 14.3 Å². The molecule has 1 aliphatic heterocycles. The van der Waals surface area contributed by atoms with Crippen LogP contribution in [0.5, 0.6) is 0 Å². The Hall–Kier alpha value is -2.50. The van der Waals surface area contributed by atoms with E-state index >= 15 is 0 Å². The van der Waals surface area contributed by atoms with Crippen LogP contribution in [0.2, 0.25) is 0 Å². The van der Waals surface area contributed by atoms with Gasteiger partial charge in [-0.3, -0.25) is 4.79 Å². The molecule has 3 atom stereocenters. The molecule has 3 rings (SSSR count). The van der Waals surface area contributed by atoms with E-state index in [0.29, 0.717) is 6.54 Å². The second-order valence-electron chi connectivity index (χ2n) is 7.79. The molecule has 2 aromatic rings. The number of amides is 1. The Morgan fingerprint density at radius 3 is 2.45 bits per heavy atom. The van der Waals surface area contributed by atoms with Crippen LogP contribution in [0.4, 0.5) is 4.39 Å². The summed E-state index contributed by atoms with van der Waals surface area (Å²) in [6.45, 7) is 6.32. The smallest absolute Gasteiger partial charge is 0.257 e. The molecular weight excluding hydrogens is 367 g/mol. The average Bonchev–Trinajstić information content (AvgIpc) is 2.69. The van der Waals surface area contributed by atoms with Crippen LogP contribution in [0.25, 0.3) is 6.08 Å². The number of rotatable bonds is 7. The topological polar surface area (TPSA) is 52.6 Å². The summed E-state index contributed by atoms with van der Waals surface area (Å²) < 4.78 is 14.2. The molecule has 0 aliphatic carbocycles. The fourth-order valence-corrected chi connectivity index (χ4v) is 3.99. The number of nitrogens with one attached hydrogen (secondary N) is 1. The summed E-state index contributed by atoms with van der Waals surface area (Å²) in [5, 5.41) is 13.1. The number of hydrogen-bond acceptors (Lipinski definition) is 3. The third-order valence-corrected chi connectivity index (χ3v) is 5.55. The number of hydrogen-bond donors (Lipinski definition) is 2. The van der Waals surface area contributed by atoms with Gasteiger partial charge in [-0.05, 0) is 44.0 Å². The predicted octanol–water partition coefficient (Wildman–Crippen LogP) is 3.83. The lowest BCUT2D eigenvalue weighted by atomic mass is 9.77. The second kappa shape index (κ2) is 9.33. The molecule has 2 N–H and O–H groups in total. The maximum absolute atomic E-state index is 14.2. The van der Waals surface area contributed by atoms with Crippen molar-refractivity contribution >= 4 is 12.0 Å². The molecule has 2 aromatic carbocycles. The van der Waals surface area contributed by atoms with E-state index in [0.717, 1.165) is 11.1 Å². The molecule has 1 saturated heterocycles. The van der Waals surface area contributed by atoms with Crippen molar-refractivity contribution in [3.63, 3.8) is 0 Å². The molecule has 0 spiro atoms. The number of benzene rings is 2. The summed E-state index contributed by atoms with van der Waals surface area (Å²) >= 11 is 0. The first kappa shape index (κ1) is 21.2. The van der Waals surface area contributed by atoms with Gasteiger partial charge in [-0.15, -0.1) is 0 Å². The molecule has 1 aliphatic rings. The lowest BCUT2D eigenvalue weighted by Gasteiger charge is -2.48. The quantitative estimate of drug-likeness (QED) is 0.748. The van der Waals surface area contributed by atoms with Crippen molar-refractivity contribution in [1.29, 1.82) is 0 Å². The Labute approximate surface area is 172 Å². The molecular formula is C24H29FN2O2. The summed E-state index contributed by atoms with van der Waals surface area (Å²) in [5.41, 5.74) is 2.34. The number of halogens is 1. The first-order chi connectivity index (χ1) is 14.0. The molecule has 0 radical (unpaired) electrons. The molecule has 1 fully saturated rings. The minimum Gasteiger partial charge on any atom is -0.395 e. The molecule has 4 nitrogen and oxygen atoms in total. The van der Waals surface area contributed by atoms with Crippen molar-refractivity contribution in [2.75, 3.05) is 13.2 Å². The Morgan fingerprint density at radius 1 is 1.17 bits per heavy atom. The number of carbonyl (C=O) groups is 1. The van der Waals surface area contributed by atoms with Crippen molar-refractivity contribution < 1.29 is 14.3 Å². The van der Waals surface area contributed by atoms with E-state index in [1.165, 1.54) is 12.1 Å². The van der Waals surface area contributed by atoms with Crippen LogP contribution in [0.15, 0.2) is 54.6 Å². The standard InChI is InChI=1S/C24H29FN2O2/c1-4-7-17-10-12-18(13-11-17)23-21(26-22(23)15-28)14-27(16(2)3)24(29)19-8-5-6-9-20(19)25/h4-13,16,21-23,26,28H,14-15H2,1-3H3/b7-4+/t21-,22-,23-/m1/s1. The fourth-order valence-electron chi connectivity index (χ4n) is 3.99. The van der Waals surface area contributed by atoms with Gasteiger partial charge < -0.3 is 15.3 Å². The van der Waals surface area contributed by atoms with Gasteiger partial charge in [-0.2, -0.15) is 0 Å². The molecule has 154 valence electrons. The third-order valence-electron chi connectivity index (χ3n) is 5.55. The average molecular weight is 397 g/mol. The highest BCUT2D eigenvalue weighted by atomic mass is 19.1. The highest BCUT2D eigenvalue weighted by Crippen LogP contribution is 2.33. The zero-order valence-corrected chi connectivity index (χ0v) is 17.2. The summed E-state index contributed by atoms with van der Waals surface area (Å²) in [7, 11) is 0. The lowest BCUT2D eigenvalue weighted by molar-refractivity contribution is 0.0559. The van der Waals surface area contributed by atoms with E-state index < -0.39 is 5.82 Å². The van der Waals surface area contributed by atoms with Crippen LogP contribution >= 0.6 is 0 Å². The number of aliphatic hydroxyl groups is 1. The van der Waals surface area contributed by atoms with E-state index in [1.807, 2.05) is 32.9 Å². The SMILES string of the molecule is C/C=C/c1ccc([C@H]2[C@@H](CO)N[C@@H]2CN(C(=O)c2ccccc2F)C(C)C)cc1. The van der Waals surface area contributed by atoms with Crippen LogP contribution in [0.3, 0.4) is 0 Å². The first-order valence-electron chi connectivity index (χ1n) is 10.1. The Balaban J connectivity index is 1.80. The molecule has 29 heavy (non-hydrogen) atoms. The van der Waals surface area contributed by atoms with Gasteiger partial charge in [-0.25, -0.2) is 4.39 Å². The van der Waals surface area contributed by atoms with E-state index in [-0.39, 0.29) is 42.1 Å². The van der Waals surface area contributed by atoms with Gasteiger partial charge >= 0.3 is 0 Å². The van der Waals surface area contributed by atoms with Crippen LogP contribution in [0.1, 0.15) is 48.2 Å². The van der Waals surface area contributed by atoms with Gasteiger partial charge in [0.1, 0.15) is 5.82 Å². The Bertz CT molecular complexity index is 863. The molecule has 0 bridgehead atoms. The van der Waals surface area contributed by atoms with E-state index in [1.54, 1.807) is 17.0 Å². The third kappa shape index (κ3) is 4.57. The van der Waals surface area contributed by atoms with Gasteiger partial charge in [0.15, 0.2) is 0 Å². The van der Waals surface area contributed by atoms with Crippen LogP contribution in [0, 0.1) is 5.82 Å². The number of allylic oxidation sites excluding steroid dienone is 1. The predicted molar refractivity (Wildman–Crippen MR) is 114 cm³/mol. The van der Waals surface area contributed by atoms with Crippen LogP contribution in [-0.4, -0.2) is 47.2 Å². The van der Waals surface area contributed by atoms with Crippen molar-refractivity contribution in [2.45, 2.75) is 44.8 Å². The maximum Gasteiger partial charge on any atom is 0.257 e. The van der Waals surface area contributed by atoms with Gasteiger partial charge in [0, 0.05) is 30.6 Å². The maximum atomic E-state index is 14.2. The fraction of sp³-hybridized carbons (Fsp3) is 0.375. The molecule has 1 amide bonds. The second-order valence-corrected chi connectivity index (χ2v) is 7.79. The zero-order chi connectivity index (χ0) is 21.0. The monoisotopic (exact) mass is 396 g/mol. The largest absolute Gasteiger partial charge is 0.395 e. The summed E-state index contributed by atoms with van der Waals surface area (Å²) in [6, 6.07) is 14.2. The minimum atomic E-state index is -0.505. The highest BCUT2D eigenvalue weighted by Gasteiger charge is 2.42. The van der Waals surface area contributed by atoms with E-state index in [2.05, 4.69) is 29.6 Å². The van der Waals surface area contributed by atoms with Crippen molar-refractivity contribution in [3.8, 4) is 0 Å². The first-order valence-corrected chi connectivity index (χ1v) is 10.1. The summed E-state index contributed by atoms with van der Waals surface area (Å²) in [5.74, 6) is -0.724. The van der Waals surface area contributed by atoms with E-state index in [4.69, 9.17) is 0 Å². The Morgan fingerprint density at radius 2 is 1.86 bits per heavy atom. The molecule has 1 heterocycles. The molecule has 0 saturated carbocycles. The van der Waals surface area contributed by atoms with Crippen LogP contribution in [-0.2, 0) is 0 Å². The van der Waals surface area contributed by atoms with Gasteiger partial charge in [0.05, 0.1) is 12.2 Å². The summed E-state index contributed by atoms with van der Waals surface area (Å²) in [4.78, 5) is 14.7. The molecule has 0 unspecified atom stereocenters. The number of carbonyl (C=O) groups excluding carboxylic acids is 1. The van der Waals surface area contributed by atoms with Crippen molar-refractivity contribution in [1.82, 2.24) is 10.2 Å². The number of nitrogens with zero attached hydrogens (tertiary/aromatic N) is 1. The number of aliphatic hydroxyl groups excluding tert-OH is 1. The van der Waals surface area contributed by atoms with Gasteiger partial charge in [0.2, 0.25) is 0 Å². The molecule has 0 aromatic heterocycles. The van der Waals surface area contributed by atoms with Crippen molar-refractivity contribution in [2.24, 2.45) is 0 Å². The Kier molecular flexibility index (Phi) is 6.83. The zero-order valence-electron chi connectivity index (χ0n) is 17.2. The minimum absolute atomic E-state index is 0.00200. The summed E-state index contributed by atoms with van der Waals surface area (Å²) in [6.07, 6.45) is 4.03. The normalized spacial score (nSPS) is 21.4. The van der Waals surface area contributed by atoms with Crippen LogP contribution < -0.4 is 5.32 Å². The van der Waals surface area contributed by atoms with Gasteiger partial charge in [-0.1, -0.05) is 48.6 Å². The van der Waals surface area contributed by atoms with Gasteiger partial charge in [0.25, 0.3) is 5.91 Å². The van der Waals surface area contributed by atoms with Crippen molar-refractivity contribution in [3.05, 3.63) is 77.1 Å². The highest BCUT2D eigenvalue weighted by molar-refractivity contribution is 5.94. The molecule has 5 heteroatoms.